The molecule has 3 nitrogen and oxygen atoms in total. The lowest BCUT2D eigenvalue weighted by Gasteiger charge is -2.04. The molecule has 84 valence electrons. The molecule has 0 unspecified atom stereocenters. The fourth-order valence-corrected chi connectivity index (χ4v) is 1.75. The Labute approximate surface area is 94.8 Å². The largest absolute Gasteiger partial charge is 0.269 e. The number of fused-ring (bicyclic) bond motifs is 1. The molecule has 0 atom stereocenters. The van der Waals surface area contributed by atoms with E-state index >= 15 is 0 Å². The molecule has 0 saturated carbocycles. The third-order valence-corrected chi connectivity index (χ3v) is 2.74. The van der Waals surface area contributed by atoms with Gasteiger partial charge in [0.25, 0.3) is 5.56 Å². The van der Waals surface area contributed by atoms with E-state index in [4.69, 9.17) is 0 Å². The van der Waals surface area contributed by atoms with Gasteiger partial charge < -0.3 is 0 Å². The molecule has 0 N–H and O–H groups in total. The normalized spacial score (nSPS) is 10.9. The number of hydrogen-bond acceptors (Lipinski definition) is 2. The monoisotopic (exact) mass is 216 g/mol. The van der Waals surface area contributed by atoms with Crippen LogP contribution in [0.3, 0.4) is 0 Å². The van der Waals surface area contributed by atoms with E-state index in [1.54, 1.807) is 16.8 Å². The fraction of sp³-hybridized carbons (Fsp3) is 0.385. The predicted octanol–water partition coefficient (Wildman–Crippen LogP) is 2.35. The second-order valence-electron chi connectivity index (χ2n) is 4.12. The van der Waals surface area contributed by atoms with Gasteiger partial charge in [-0.3, -0.25) is 9.20 Å². The summed E-state index contributed by atoms with van der Waals surface area (Å²) < 4.78 is 1.62. The number of hydrogen-bond donors (Lipinski definition) is 0. The Morgan fingerprint density at radius 3 is 3.00 bits per heavy atom. The molecule has 0 aliphatic heterocycles. The van der Waals surface area contributed by atoms with Gasteiger partial charge in [-0.25, -0.2) is 4.98 Å². The lowest BCUT2D eigenvalue weighted by molar-refractivity contribution is 0.778. The Hall–Kier alpha value is -1.64. The quantitative estimate of drug-likeness (QED) is 0.789. The number of unbranched alkanes of at least 4 members (excludes halogenated alkanes) is 1. The maximum absolute atomic E-state index is 12.1. The molecular formula is C13H16N2O. The number of pyridine rings is 1. The van der Waals surface area contributed by atoms with Crippen molar-refractivity contribution in [2.45, 2.75) is 33.1 Å². The van der Waals surface area contributed by atoms with E-state index in [1.165, 1.54) is 0 Å². The zero-order valence-electron chi connectivity index (χ0n) is 9.73. The van der Waals surface area contributed by atoms with Gasteiger partial charge in [-0.2, -0.15) is 0 Å². The van der Waals surface area contributed by atoms with Gasteiger partial charge in [0.2, 0.25) is 0 Å². The molecule has 0 aliphatic rings. The van der Waals surface area contributed by atoms with Crippen LogP contribution < -0.4 is 5.56 Å². The summed E-state index contributed by atoms with van der Waals surface area (Å²) in [5.41, 5.74) is 2.72. The van der Waals surface area contributed by atoms with Crippen LogP contribution in [0.2, 0.25) is 0 Å². The summed E-state index contributed by atoms with van der Waals surface area (Å²) in [4.78, 5) is 16.4. The highest BCUT2D eigenvalue weighted by atomic mass is 16.1. The predicted molar refractivity (Wildman–Crippen MR) is 64.8 cm³/mol. The maximum Gasteiger partial charge on any atom is 0.261 e. The molecule has 0 aliphatic carbocycles. The van der Waals surface area contributed by atoms with Crippen molar-refractivity contribution in [2.75, 3.05) is 0 Å². The van der Waals surface area contributed by atoms with Crippen molar-refractivity contribution < 1.29 is 0 Å². The Bertz CT molecular complexity index is 557. The van der Waals surface area contributed by atoms with Crippen LogP contribution >= 0.6 is 0 Å². The van der Waals surface area contributed by atoms with E-state index in [0.717, 1.165) is 36.0 Å². The summed E-state index contributed by atoms with van der Waals surface area (Å²) in [6.45, 7) is 4.12. The van der Waals surface area contributed by atoms with Gasteiger partial charge in [0.1, 0.15) is 5.65 Å². The average molecular weight is 216 g/mol. The molecule has 16 heavy (non-hydrogen) atoms. The molecule has 2 aromatic rings. The molecule has 0 aromatic carbocycles. The van der Waals surface area contributed by atoms with Crippen molar-refractivity contribution >= 4 is 5.65 Å². The molecule has 0 bridgehead atoms. The van der Waals surface area contributed by atoms with Crippen LogP contribution in [-0.4, -0.2) is 9.38 Å². The van der Waals surface area contributed by atoms with Gasteiger partial charge in [0.15, 0.2) is 0 Å². The van der Waals surface area contributed by atoms with E-state index in [0.29, 0.717) is 0 Å². The van der Waals surface area contributed by atoms with Crippen LogP contribution in [0.1, 0.15) is 30.9 Å². The third-order valence-electron chi connectivity index (χ3n) is 2.74. The molecule has 0 spiro atoms. The van der Waals surface area contributed by atoms with Gasteiger partial charge in [0, 0.05) is 18.0 Å². The molecule has 0 radical (unpaired) electrons. The Morgan fingerprint density at radius 1 is 1.44 bits per heavy atom. The summed E-state index contributed by atoms with van der Waals surface area (Å²) in [6, 6.07) is 3.85. The standard InChI is InChI=1S/C13H16N2O/c1-3-4-5-11-9-14-12-8-10(2)6-7-15(12)13(11)16/h6-9H,3-5H2,1-2H3. The van der Waals surface area contributed by atoms with Crippen LogP contribution in [0.15, 0.2) is 29.3 Å². The minimum absolute atomic E-state index is 0.0680. The summed E-state index contributed by atoms with van der Waals surface area (Å²) in [7, 11) is 0. The second-order valence-corrected chi connectivity index (χ2v) is 4.12. The van der Waals surface area contributed by atoms with Gasteiger partial charge in [0.05, 0.1) is 0 Å². The first-order valence-corrected chi connectivity index (χ1v) is 5.69. The molecule has 2 rings (SSSR count). The molecule has 2 aromatic heterocycles. The van der Waals surface area contributed by atoms with Crippen molar-refractivity contribution in [3.05, 3.63) is 46.0 Å². The second kappa shape index (κ2) is 4.47. The van der Waals surface area contributed by atoms with E-state index in [1.807, 2.05) is 19.1 Å². The Kier molecular flexibility index (Phi) is 3.04. The highest BCUT2D eigenvalue weighted by Crippen LogP contribution is 2.04. The topological polar surface area (TPSA) is 34.4 Å². The number of aryl methyl sites for hydroxylation is 2. The first kappa shape index (κ1) is 10.9. The van der Waals surface area contributed by atoms with Crippen molar-refractivity contribution in [1.82, 2.24) is 9.38 Å². The molecular weight excluding hydrogens is 200 g/mol. The van der Waals surface area contributed by atoms with Crippen LogP contribution in [0, 0.1) is 6.92 Å². The Morgan fingerprint density at radius 2 is 2.25 bits per heavy atom. The van der Waals surface area contributed by atoms with Crippen LogP contribution in [0.4, 0.5) is 0 Å². The fourth-order valence-electron chi connectivity index (χ4n) is 1.75. The molecule has 2 heterocycles. The van der Waals surface area contributed by atoms with E-state index in [9.17, 15) is 4.79 Å². The molecule has 3 heteroatoms. The third kappa shape index (κ3) is 1.98. The average Bonchev–Trinajstić information content (AvgIpc) is 2.28. The van der Waals surface area contributed by atoms with E-state index < -0.39 is 0 Å². The summed E-state index contributed by atoms with van der Waals surface area (Å²) in [5.74, 6) is 0. The molecule has 0 fully saturated rings. The highest BCUT2D eigenvalue weighted by molar-refractivity contribution is 5.41. The summed E-state index contributed by atoms with van der Waals surface area (Å²) in [5, 5.41) is 0. The van der Waals surface area contributed by atoms with Gasteiger partial charge in [-0.1, -0.05) is 13.3 Å². The van der Waals surface area contributed by atoms with Crippen LogP contribution in [0.5, 0.6) is 0 Å². The zero-order valence-corrected chi connectivity index (χ0v) is 9.73. The van der Waals surface area contributed by atoms with E-state index in [-0.39, 0.29) is 5.56 Å². The summed E-state index contributed by atoms with van der Waals surface area (Å²) >= 11 is 0. The van der Waals surface area contributed by atoms with Crippen LogP contribution in [-0.2, 0) is 6.42 Å². The highest BCUT2D eigenvalue weighted by Gasteiger charge is 2.03. The lowest BCUT2D eigenvalue weighted by atomic mass is 10.1. The maximum atomic E-state index is 12.1. The SMILES string of the molecule is CCCCc1cnc2cc(C)ccn2c1=O. The zero-order chi connectivity index (χ0) is 11.5. The number of rotatable bonds is 3. The number of aromatic nitrogens is 2. The minimum Gasteiger partial charge on any atom is -0.269 e. The first-order chi connectivity index (χ1) is 7.72. The Balaban J connectivity index is 2.53. The van der Waals surface area contributed by atoms with Crippen molar-refractivity contribution in [2.24, 2.45) is 0 Å². The van der Waals surface area contributed by atoms with Gasteiger partial charge in [-0.15, -0.1) is 0 Å². The first-order valence-electron chi connectivity index (χ1n) is 5.69. The van der Waals surface area contributed by atoms with Crippen molar-refractivity contribution in [3.8, 4) is 0 Å². The van der Waals surface area contributed by atoms with Gasteiger partial charge >= 0.3 is 0 Å². The summed E-state index contributed by atoms with van der Waals surface area (Å²) in [6.07, 6.45) is 6.46. The van der Waals surface area contributed by atoms with Crippen molar-refractivity contribution in [1.29, 1.82) is 0 Å². The van der Waals surface area contributed by atoms with Gasteiger partial charge in [-0.05, 0) is 37.5 Å². The van der Waals surface area contributed by atoms with Crippen LogP contribution in [0.25, 0.3) is 5.65 Å². The smallest absolute Gasteiger partial charge is 0.261 e. The number of nitrogens with zero attached hydrogens (tertiary/aromatic N) is 2. The molecule has 0 saturated heterocycles. The lowest BCUT2D eigenvalue weighted by Crippen LogP contribution is -2.19. The van der Waals surface area contributed by atoms with Crippen molar-refractivity contribution in [3.63, 3.8) is 0 Å². The minimum atomic E-state index is 0.0680. The molecule has 0 amide bonds. The van der Waals surface area contributed by atoms with E-state index in [2.05, 4.69) is 11.9 Å².